The summed E-state index contributed by atoms with van der Waals surface area (Å²) in [6.07, 6.45) is 4.02. The molecule has 0 N–H and O–H groups in total. The summed E-state index contributed by atoms with van der Waals surface area (Å²) in [4.78, 5) is 0. The van der Waals surface area contributed by atoms with Gasteiger partial charge in [0.05, 0.1) is 0 Å². The van der Waals surface area contributed by atoms with Crippen LogP contribution >= 0.6 is 25.3 Å². The molecule has 3 unspecified atom stereocenters. The normalized spacial score (nSPS) is 37.2. The zero-order valence-corrected chi connectivity index (χ0v) is 9.82. The van der Waals surface area contributed by atoms with E-state index in [2.05, 4.69) is 39.1 Å². The molecule has 0 aromatic heterocycles. The number of hydrogen-bond acceptors (Lipinski definition) is 2. The lowest BCUT2D eigenvalue weighted by Gasteiger charge is -2.34. The molecule has 1 rings (SSSR count). The minimum atomic E-state index is 0.601. The summed E-state index contributed by atoms with van der Waals surface area (Å²) in [5.41, 5.74) is 0. The monoisotopic (exact) mass is 204 g/mol. The Morgan fingerprint density at radius 1 is 1.33 bits per heavy atom. The quantitative estimate of drug-likeness (QED) is 0.634. The smallest absolute Gasteiger partial charge is 0.00555 e. The minimum Gasteiger partial charge on any atom is -0.179 e. The number of hydrogen-bond donors (Lipinski definition) is 2. The van der Waals surface area contributed by atoms with Crippen LogP contribution in [0.25, 0.3) is 0 Å². The van der Waals surface area contributed by atoms with E-state index >= 15 is 0 Å². The van der Waals surface area contributed by atoms with Crippen LogP contribution in [0.3, 0.4) is 0 Å². The maximum atomic E-state index is 4.64. The van der Waals surface area contributed by atoms with Crippen molar-refractivity contribution in [3.05, 3.63) is 0 Å². The van der Waals surface area contributed by atoms with Crippen molar-refractivity contribution < 1.29 is 0 Å². The first kappa shape index (κ1) is 10.8. The molecule has 2 heteroatoms. The molecule has 0 saturated heterocycles. The third-order valence-corrected chi connectivity index (χ3v) is 4.28. The highest BCUT2D eigenvalue weighted by Gasteiger charge is 2.28. The Morgan fingerprint density at radius 3 is 2.42 bits per heavy atom. The predicted molar refractivity (Wildman–Crippen MR) is 62.3 cm³/mol. The minimum absolute atomic E-state index is 0.601. The topological polar surface area (TPSA) is 0 Å². The average molecular weight is 204 g/mol. The van der Waals surface area contributed by atoms with Crippen LogP contribution < -0.4 is 0 Å². The van der Waals surface area contributed by atoms with E-state index < -0.39 is 0 Å². The van der Waals surface area contributed by atoms with Gasteiger partial charge in [-0.25, -0.2) is 0 Å². The van der Waals surface area contributed by atoms with Crippen molar-refractivity contribution in [2.24, 2.45) is 17.8 Å². The van der Waals surface area contributed by atoms with Gasteiger partial charge >= 0.3 is 0 Å². The molecular formula is C10H20S2. The second-order valence-electron chi connectivity index (χ2n) is 4.33. The van der Waals surface area contributed by atoms with Crippen LogP contribution in [0.5, 0.6) is 0 Å². The van der Waals surface area contributed by atoms with Crippen LogP contribution in [0.2, 0.25) is 0 Å². The fraction of sp³-hybridized carbons (Fsp3) is 1.00. The third-order valence-electron chi connectivity index (χ3n) is 3.17. The zero-order chi connectivity index (χ0) is 9.14. The lowest BCUT2D eigenvalue weighted by Crippen LogP contribution is -2.28. The van der Waals surface area contributed by atoms with Crippen LogP contribution in [0.1, 0.15) is 33.1 Å². The van der Waals surface area contributed by atoms with Gasteiger partial charge in [-0.05, 0) is 42.8 Å². The van der Waals surface area contributed by atoms with Crippen molar-refractivity contribution in [3.8, 4) is 0 Å². The highest BCUT2D eigenvalue weighted by atomic mass is 32.1. The molecule has 0 amide bonds. The molecule has 1 aliphatic rings. The number of thiol groups is 2. The summed E-state index contributed by atoms with van der Waals surface area (Å²) in [6.45, 7) is 4.65. The largest absolute Gasteiger partial charge is 0.179 e. The van der Waals surface area contributed by atoms with E-state index in [1.54, 1.807) is 0 Å². The standard InChI is InChI=1S/C10H20S2/c1-7(2)8-3-4-9(6-11)10(12)5-8/h7-12H,3-6H2,1-2H3. The molecule has 0 spiro atoms. The van der Waals surface area contributed by atoms with E-state index in [1.807, 2.05) is 0 Å². The van der Waals surface area contributed by atoms with E-state index in [4.69, 9.17) is 0 Å². The maximum absolute atomic E-state index is 4.64. The predicted octanol–water partition coefficient (Wildman–Crippen LogP) is 3.29. The molecule has 3 atom stereocenters. The van der Waals surface area contributed by atoms with E-state index in [0.717, 1.165) is 23.5 Å². The van der Waals surface area contributed by atoms with Gasteiger partial charge in [-0.2, -0.15) is 25.3 Å². The molecule has 0 bridgehead atoms. The van der Waals surface area contributed by atoms with Gasteiger partial charge in [0.1, 0.15) is 0 Å². The van der Waals surface area contributed by atoms with E-state index in [9.17, 15) is 0 Å². The molecule has 0 heterocycles. The Morgan fingerprint density at radius 2 is 2.00 bits per heavy atom. The first-order valence-electron chi connectivity index (χ1n) is 4.94. The van der Waals surface area contributed by atoms with Crippen molar-refractivity contribution in [2.75, 3.05) is 5.75 Å². The van der Waals surface area contributed by atoms with E-state index in [0.29, 0.717) is 5.25 Å². The van der Waals surface area contributed by atoms with Gasteiger partial charge in [0.25, 0.3) is 0 Å². The molecule has 0 radical (unpaired) electrons. The van der Waals surface area contributed by atoms with Gasteiger partial charge in [-0.15, -0.1) is 0 Å². The Labute approximate surface area is 87.3 Å². The zero-order valence-electron chi connectivity index (χ0n) is 8.03. The molecule has 12 heavy (non-hydrogen) atoms. The van der Waals surface area contributed by atoms with Gasteiger partial charge in [-0.1, -0.05) is 13.8 Å². The summed E-state index contributed by atoms with van der Waals surface area (Å²) in [7, 11) is 0. The van der Waals surface area contributed by atoms with Gasteiger partial charge in [0, 0.05) is 5.25 Å². The Kier molecular flexibility index (Phi) is 4.31. The molecule has 0 aliphatic heterocycles. The average Bonchev–Trinajstić information content (AvgIpc) is 2.04. The fourth-order valence-electron chi connectivity index (χ4n) is 2.06. The van der Waals surface area contributed by atoms with Crippen LogP contribution in [0, 0.1) is 17.8 Å². The van der Waals surface area contributed by atoms with E-state index in [-0.39, 0.29) is 0 Å². The van der Waals surface area contributed by atoms with Crippen molar-refractivity contribution in [1.29, 1.82) is 0 Å². The second-order valence-corrected chi connectivity index (χ2v) is 5.36. The van der Waals surface area contributed by atoms with Gasteiger partial charge in [0.2, 0.25) is 0 Å². The highest BCUT2D eigenvalue weighted by molar-refractivity contribution is 7.81. The van der Waals surface area contributed by atoms with Crippen LogP contribution in [-0.2, 0) is 0 Å². The summed E-state index contributed by atoms with van der Waals surface area (Å²) in [5, 5.41) is 0.601. The van der Waals surface area contributed by atoms with Gasteiger partial charge in [0.15, 0.2) is 0 Å². The molecule has 1 saturated carbocycles. The fourth-order valence-corrected chi connectivity index (χ4v) is 3.19. The lowest BCUT2D eigenvalue weighted by molar-refractivity contribution is 0.245. The summed E-state index contributed by atoms with van der Waals surface area (Å²) < 4.78 is 0. The molecule has 0 aromatic rings. The Bertz CT molecular complexity index is 134. The van der Waals surface area contributed by atoms with Crippen molar-refractivity contribution in [3.63, 3.8) is 0 Å². The Balaban J connectivity index is 2.40. The molecule has 0 aromatic carbocycles. The lowest BCUT2D eigenvalue weighted by atomic mass is 9.77. The first-order valence-corrected chi connectivity index (χ1v) is 6.09. The van der Waals surface area contributed by atoms with Crippen LogP contribution in [0.15, 0.2) is 0 Å². The highest BCUT2D eigenvalue weighted by Crippen LogP contribution is 2.36. The summed E-state index contributed by atoms with van der Waals surface area (Å²) in [6, 6.07) is 0. The SMILES string of the molecule is CC(C)C1CCC(CS)C(S)C1. The molecule has 72 valence electrons. The van der Waals surface area contributed by atoms with Crippen molar-refractivity contribution in [1.82, 2.24) is 0 Å². The second kappa shape index (κ2) is 4.80. The Hall–Kier alpha value is 0.700. The molecular weight excluding hydrogens is 184 g/mol. The van der Waals surface area contributed by atoms with Gasteiger partial charge < -0.3 is 0 Å². The van der Waals surface area contributed by atoms with Crippen LogP contribution in [0.4, 0.5) is 0 Å². The van der Waals surface area contributed by atoms with Gasteiger partial charge in [-0.3, -0.25) is 0 Å². The summed E-state index contributed by atoms with van der Waals surface area (Å²) in [5.74, 6) is 3.51. The summed E-state index contributed by atoms with van der Waals surface area (Å²) >= 11 is 9.00. The molecule has 1 fully saturated rings. The maximum Gasteiger partial charge on any atom is 0.00555 e. The van der Waals surface area contributed by atoms with Crippen molar-refractivity contribution in [2.45, 2.75) is 38.4 Å². The molecule has 0 nitrogen and oxygen atoms in total. The van der Waals surface area contributed by atoms with Crippen molar-refractivity contribution >= 4 is 25.3 Å². The number of rotatable bonds is 2. The third kappa shape index (κ3) is 2.59. The molecule has 1 aliphatic carbocycles. The van der Waals surface area contributed by atoms with E-state index in [1.165, 1.54) is 19.3 Å². The van der Waals surface area contributed by atoms with Crippen LogP contribution in [-0.4, -0.2) is 11.0 Å². The first-order chi connectivity index (χ1) is 5.65.